The van der Waals surface area contributed by atoms with Gasteiger partial charge in [0.15, 0.2) is 0 Å². The summed E-state index contributed by atoms with van der Waals surface area (Å²) in [4.78, 5) is 10.7. The monoisotopic (exact) mass is 239 g/mol. The van der Waals surface area contributed by atoms with Gasteiger partial charge < -0.3 is 5.11 Å². The molecule has 16 heavy (non-hydrogen) atoms. The third-order valence-electron chi connectivity index (χ3n) is 3.21. The highest BCUT2D eigenvalue weighted by Gasteiger charge is 2.57. The quantitative estimate of drug-likeness (QED) is 0.790. The van der Waals surface area contributed by atoms with Gasteiger partial charge in [-0.05, 0) is 32.2 Å². The summed E-state index contributed by atoms with van der Waals surface area (Å²) in [6, 6.07) is 0. The second kappa shape index (κ2) is 4.61. The maximum atomic E-state index is 12.6. The molecule has 0 aromatic heterocycles. The highest BCUT2D eigenvalue weighted by Crippen LogP contribution is 2.31. The van der Waals surface area contributed by atoms with Crippen LogP contribution >= 0.6 is 0 Å². The predicted octanol–water partition coefficient (Wildman–Crippen LogP) is 2.17. The molecule has 0 aliphatic heterocycles. The van der Waals surface area contributed by atoms with Crippen LogP contribution in [0.15, 0.2) is 0 Å². The van der Waals surface area contributed by atoms with Gasteiger partial charge in [-0.3, -0.25) is 5.32 Å². The number of carboxylic acids is 1. The van der Waals surface area contributed by atoms with Crippen molar-refractivity contribution in [1.82, 2.24) is 5.32 Å². The molecule has 0 amide bonds. The molecule has 0 heterocycles. The van der Waals surface area contributed by atoms with Gasteiger partial charge in [-0.1, -0.05) is 12.8 Å². The van der Waals surface area contributed by atoms with E-state index >= 15 is 0 Å². The molecule has 94 valence electrons. The number of aliphatic carboxylic acids is 1. The van der Waals surface area contributed by atoms with Crippen molar-refractivity contribution in [2.24, 2.45) is 5.92 Å². The fourth-order valence-corrected chi connectivity index (χ4v) is 1.86. The van der Waals surface area contributed by atoms with E-state index in [1.807, 2.05) is 0 Å². The Morgan fingerprint density at radius 2 is 1.88 bits per heavy atom. The van der Waals surface area contributed by atoms with Crippen LogP contribution in [0, 0.1) is 5.92 Å². The van der Waals surface area contributed by atoms with Crippen LogP contribution in [0.2, 0.25) is 0 Å². The van der Waals surface area contributed by atoms with Crippen LogP contribution in [0.4, 0.5) is 13.2 Å². The summed E-state index contributed by atoms with van der Waals surface area (Å²) in [6.07, 6.45) is -0.997. The third-order valence-corrected chi connectivity index (χ3v) is 3.21. The number of halogens is 3. The summed E-state index contributed by atoms with van der Waals surface area (Å²) in [5, 5.41) is 10.8. The summed E-state index contributed by atoms with van der Waals surface area (Å²) in [7, 11) is 0. The first kappa shape index (κ1) is 13.3. The van der Waals surface area contributed by atoms with E-state index in [0.717, 1.165) is 25.7 Å². The molecule has 1 atom stereocenters. The first-order valence-corrected chi connectivity index (χ1v) is 5.32. The summed E-state index contributed by atoms with van der Waals surface area (Å²) in [6.45, 7) is 0.784. The molecule has 0 saturated heterocycles. The van der Waals surface area contributed by atoms with Crippen molar-refractivity contribution >= 4 is 5.97 Å². The van der Waals surface area contributed by atoms with E-state index in [0.29, 0.717) is 6.92 Å². The van der Waals surface area contributed by atoms with Crippen molar-refractivity contribution in [3.63, 3.8) is 0 Å². The number of hydrogen-bond acceptors (Lipinski definition) is 2. The lowest BCUT2D eigenvalue weighted by Crippen LogP contribution is -2.60. The van der Waals surface area contributed by atoms with Crippen LogP contribution in [0.25, 0.3) is 0 Å². The van der Waals surface area contributed by atoms with Gasteiger partial charge in [0.05, 0.1) is 0 Å². The summed E-state index contributed by atoms with van der Waals surface area (Å²) >= 11 is 0. The Kier molecular flexibility index (Phi) is 3.83. The number of carbonyl (C=O) groups is 1. The van der Waals surface area contributed by atoms with E-state index in [2.05, 4.69) is 5.32 Å². The van der Waals surface area contributed by atoms with E-state index < -0.39 is 17.7 Å². The van der Waals surface area contributed by atoms with Gasteiger partial charge in [0, 0.05) is 0 Å². The van der Waals surface area contributed by atoms with Gasteiger partial charge >= 0.3 is 12.1 Å². The lowest BCUT2D eigenvalue weighted by Gasteiger charge is -2.29. The Morgan fingerprint density at radius 3 is 2.25 bits per heavy atom. The zero-order chi connectivity index (χ0) is 12.4. The Morgan fingerprint density at radius 1 is 1.38 bits per heavy atom. The van der Waals surface area contributed by atoms with E-state index in [-0.39, 0.29) is 12.5 Å². The molecule has 0 radical (unpaired) electrons. The number of carboxylic acid groups (broad SMARTS) is 1. The van der Waals surface area contributed by atoms with E-state index in [9.17, 15) is 18.0 Å². The van der Waals surface area contributed by atoms with Crippen LogP contribution in [0.1, 0.15) is 32.6 Å². The fourth-order valence-electron chi connectivity index (χ4n) is 1.86. The van der Waals surface area contributed by atoms with Crippen LogP contribution in [0.5, 0.6) is 0 Å². The van der Waals surface area contributed by atoms with Gasteiger partial charge in [-0.25, -0.2) is 4.79 Å². The molecule has 0 bridgehead atoms. The maximum Gasteiger partial charge on any atom is 0.417 e. The van der Waals surface area contributed by atoms with Gasteiger partial charge in [0.25, 0.3) is 0 Å². The van der Waals surface area contributed by atoms with E-state index in [1.165, 1.54) is 0 Å². The van der Waals surface area contributed by atoms with Crippen molar-refractivity contribution in [3.05, 3.63) is 0 Å². The molecule has 1 aliphatic rings. The predicted molar refractivity (Wildman–Crippen MR) is 52.1 cm³/mol. The Bertz CT molecular complexity index is 261. The van der Waals surface area contributed by atoms with Crippen molar-refractivity contribution < 1.29 is 23.1 Å². The minimum absolute atomic E-state index is 0.113. The summed E-state index contributed by atoms with van der Waals surface area (Å²) < 4.78 is 37.8. The molecule has 1 unspecified atom stereocenters. The first-order valence-electron chi connectivity index (χ1n) is 5.32. The Labute approximate surface area is 92.0 Å². The SMILES string of the molecule is CC(NCC1CCCC1)(C(=O)O)C(F)(F)F. The van der Waals surface area contributed by atoms with Gasteiger partial charge in [-0.2, -0.15) is 13.2 Å². The molecule has 0 spiro atoms. The first-order chi connectivity index (χ1) is 7.27. The van der Waals surface area contributed by atoms with E-state index in [1.54, 1.807) is 0 Å². The Balaban J connectivity index is 2.61. The number of nitrogens with one attached hydrogen (secondary N) is 1. The second-order valence-electron chi connectivity index (χ2n) is 4.46. The minimum atomic E-state index is -4.78. The summed E-state index contributed by atoms with van der Waals surface area (Å²) in [5.74, 6) is -1.71. The van der Waals surface area contributed by atoms with E-state index in [4.69, 9.17) is 5.11 Å². The van der Waals surface area contributed by atoms with Crippen LogP contribution < -0.4 is 5.32 Å². The average Bonchev–Trinajstić information content (AvgIpc) is 2.64. The standard InChI is InChI=1S/C10H16F3NO2/c1-9(8(15)16,10(11,12)13)14-6-7-4-2-3-5-7/h7,14H,2-6H2,1H3,(H,15,16). The third kappa shape index (κ3) is 2.66. The largest absolute Gasteiger partial charge is 0.480 e. The normalized spacial score (nSPS) is 22.0. The molecule has 6 heteroatoms. The molecule has 2 N–H and O–H groups in total. The highest BCUT2D eigenvalue weighted by molar-refractivity contribution is 5.79. The van der Waals surface area contributed by atoms with Crippen molar-refractivity contribution in [2.45, 2.75) is 44.3 Å². The molecule has 1 aliphatic carbocycles. The molecule has 1 saturated carbocycles. The van der Waals surface area contributed by atoms with Gasteiger partial charge in [-0.15, -0.1) is 0 Å². The van der Waals surface area contributed by atoms with Gasteiger partial charge in [0.2, 0.25) is 5.54 Å². The molecular weight excluding hydrogens is 223 g/mol. The smallest absolute Gasteiger partial charge is 0.417 e. The molecule has 0 aromatic rings. The van der Waals surface area contributed by atoms with Crippen molar-refractivity contribution in [3.8, 4) is 0 Å². The minimum Gasteiger partial charge on any atom is -0.480 e. The summed E-state index contributed by atoms with van der Waals surface area (Å²) in [5.41, 5.74) is -2.84. The average molecular weight is 239 g/mol. The number of hydrogen-bond donors (Lipinski definition) is 2. The lowest BCUT2D eigenvalue weighted by atomic mass is 10.00. The Hall–Kier alpha value is -0.780. The van der Waals surface area contributed by atoms with Crippen LogP contribution in [0.3, 0.4) is 0 Å². The van der Waals surface area contributed by atoms with Crippen molar-refractivity contribution in [2.75, 3.05) is 6.54 Å². The van der Waals surface area contributed by atoms with Gasteiger partial charge in [0.1, 0.15) is 0 Å². The number of rotatable bonds is 4. The molecule has 1 rings (SSSR count). The second-order valence-corrected chi connectivity index (χ2v) is 4.46. The van der Waals surface area contributed by atoms with Crippen LogP contribution in [-0.2, 0) is 4.79 Å². The van der Waals surface area contributed by atoms with Crippen LogP contribution in [-0.4, -0.2) is 29.3 Å². The maximum absolute atomic E-state index is 12.6. The fraction of sp³-hybridized carbons (Fsp3) is 0.900. The topological polar surface area (TPSA) is 49.3 Å². The van der Waals surface area contributed by atoms with Crippen molar-refractivity contribution in [1.29, 1.82) is 0 Å². The molecule has 3 nitrogen and oxygen atoms in total. The zero-order valence-electron chi connectivity index (χ0n) is 9.10. The number of alkyl halides is 3. The molecule has 0 aromatic carbocycles. The molecule has 1 fully saturated rings. The lowest BCUT2D eigenvalue weighted by molar-refractivity contribution is -0.206. The highest BCUT2D eigenvalue weighted by atomic mass is 19.4. The molecular formula is C10H16F3NO2. The zero-order valence-corrected chi connectivity index (χ0v) is 9.10.